The summed E-state index contributed by atoms with van der Waals surface area (Å²) >= 11 is 0. The van der Waals surface area contributed by atoms with Crippen LogP contribution in [0.2, 0.25) is 0 Å². The predicted octanol–water partition coefficient (Wildman–Crippen LogP) is 4.18. The minimum absolute atomic E-state index is 0.520. The minimum Gasteiger partial charge on any atom is -0.480 e. The summed E-state index contributed by atoms with van der Waals surface area (Å²) < 4.78 is 0. The molecule has 1 atom stereocenters. The van der Waals surface area contributed by atoms with E-state index in [9.17, 15) is 4.79 Å². The Morgan fingerprint density at radius 3 is 1.65 bits per heavy atom. The van der Waals surface area contributed by atoms with Crippen LogP contribution in [0.25, 0.3) is 46.4 Å². The number of hydrogen-bond donors (Lipinski definition) is 5. The van der Waals surface area contributed by atoms with Crippen LogP contribution in [0.15, 0.2) is 48.5 Å². The Labute approximate surface area is 197 Å². The second kappa shape index (κ2) is 10.7. The number of unbranched alkanes of at least 4 members (excludes halogenated alkanes) is 1. The molecule has 5 heterocycles. The van der Waals surface area contributed by atoms with E-state index in [2.05, 4.69) is 50.3 Å². The van der Waals surface area contributed by atoms with Crippen LogP contribution in [-0.2, 0) is 4.79 Å². The first-order valence-electron chi connectivity index (χ1n) is 11.2. The number of H-pyrrole nitrogens is 2. The number of nitrogens with two attached hydrogens (primary N) is 2. The fourth-order valence-electron chi connectivity index (χ4n) is 3.58. The lowest BCUT2D eigenvalue weighted by Gasteiger charge is -2.03. The second-order valence-electron chi connectivity index (χ2n) is 8.13. The number of carboxylic acids is 1. The number of aromatic nitrogens is 4. The lowest BCUT2D eigenvalue weighted by molar-refractivity contribution is -0.138. The van der Waals surface area contributed by atoms with E-state index in [1.54, 1.807) is 0 Å². The van der Waals surface area contributed by atoms with Crippen molar-refractivity contribution in [3.63, 3.8) is 0 Å². The van der Waals surface area contributed by atoms with E-state index in [0.29, 0.717) is 13.0 Å². The quantitative estimate of drug-likeness (QED) is 0.251. The highest BCUT2D eigenvalue weighted by Crippen LogP contribution is 2.17. The smallest absolute Gasteiger partial charge is 0.320 e. The van der Waals surface area contributed by atoms with Crippen molar-refractivity contribution in [3.8, 4) is 0 Å². The maximum Gasteiger partial charge on any atom is 0.320 e. The number of fused-ring (bicyclic) bond motifs is 8. The van der Waals surface area contributed by atoms with Crippen molar-refractivity contribution < 1.29 is 9.90 Å². The molecule has 0 saturated carbocycles. The third kappa shape index (κ3) is 6.28. The number of rotatable bonds is 5. The van der Waals surface area contributed by atoms with Gasteiger partial charge in [0.05, 0.1) is 22.8 Å². The Kier molecular flexibility index (Phi) is 7.31. The minimum atomic E-state index is -0.933. The van der Waals surface area contributed by atoms with Crippen LogP contribution in [0.1, 0.15) is 42.0 Å². The summed E-state index contributed by atoms with van der Waals surface area (Å²) in [4.78, 5) is 26.2. The van der Waals surface area contributed by atoms with Crippen molar-refractivity contribution in [1.82, 2.24) is 19.9 Å². The zero-order valence-electron chi connectivity index (χ0n) is 18.7. The molecule has 34 heavy (non-hydrogen) atoms. The molecule has 0 radical (unpaired) electrons. The number of aromatic amines is 2. The van der Waals surface area contributed by atoms with Gasteiger partial charge in [-0.3, -0.25) is 4.79 Å². The summed E-state index contributed by atoms with van der Waals surface area (Å²) in [5.41, 5.74) is 18.3. The highest BCUT2D eigenvalue weighted by Gasteiger charge is 2.09. The van der Waals surface area contributed by atoms with Gasteiger partial charge in [-0.1, -0.05) is 6.42 Å². The summed E-state index contributed by atoms with van der Waals surface area (Å²) in [5.74, 6) is -0.933. The summed E-state index contributed by atoms with van der Waals surface area (Å²) in [6.45, 7) is 0.604. The molecule has 0 saturated heterocycles. The van der Waals surface area contributed by atoms with Crippen molar-refractivity contribution in [1.29, 1.82) is 0 Å². The van der Waals surface area contributed by atoms with Crippen molar-refractivity contribution in [2.45, 2.75) is 25.3 Å². The molecule has 3 aromatic rings. The van der Waals surface area contributed by atoms with Crippen LogP contribution in [0.4, 0.5) is 0 Å². The van der Waals surface area contributed by atoms with Gasteiger partial charge in [-0.05, 0) is 92.2 Å². The number of nitrogens with one attached hydrogen (secondary N) is 2. The molecule has 0 amide bonds. The molecule has 8 nitrogen and oxygen atoms in total. The van der Waals surface area contributed by atoms with Crippen LogP contribution < -0.4 is 11.5 Å². The first-order valence-corrected chi connectivity index (χ1v) is 11.2. The van der Waals surface area contributed by atoms with Crippen molar-refractivity contribution in [2.24, 2.45) is 11.5 Å². The molecule has 7 N–H and O–H groups in total. The number of aliphatic carboxylic acids is 1. The average molecular weight is 457 g/mol. The van der Waals surface area contributed by atoms with Crippen molar-refractivity contribution in [3.05, 3.63) is 71.3 Å². The standard InChI is InChI=1S/C20H14N4.C6H14N2O2/c1-2-14-10-16-5-6-18(23-16)12-20-8-7-19(24-20)11-17-4-3-15(22-17)9-13(1)21-14;7-4-2-1-3-5(8)6(9)10/h1-12,21-22H;5H,1-4,7-8H2,(H,9,10)/t;5-/m.0/s1. The Morgan fingerprint density at radius 2 is 1.21 bits per heavy atom. The van der Waals surface area contributed by atoms with E-state index < -0.39 is 12.0 Å². The molecule has 0 unspecified atom stereocenters. The van der Waals surface area contributed by atoms with E-state index in [-0.39, 0.29) is 0 Å². The van der Waals surface area contributed by atoms with Gasteiger partial charge in [0.25, 0.3) is 0 Å². The SMILES string of the molecule is C1=Cc2cc3ccc(cc4ccc(cc5nc(cc1n2)C=C5)[nH]4)[nH]3.NCCCC[C@H](N)C(=O)O. The van der Waals surface area contributed by atoms with Crippen LogP contribution in [0.5, 0.6) is 0 Å². The molecular formula is C26H28N6O2. The molecule has 3 aromatic heterocycles. The summed E-state index contributed by atoms with van der Waals surface area (Å²) in [6, 6.07) is 15.7. The molecule has 8 bridgehead atoms. The Balaban J connectivity index is 0.000000235. The van der Waals surface area contributed by atoms with E-state index in [1.165, 1.54) is 0 Å². The van der Waals surface area contributed by atoms with Gasteiger partial charge in [-0.25, -0.2) is 9.97 Å². The van der Waals surface area contributed by atoms with Crippen LogP contribution in [0, 0.1) is 0 Å². The van der Waals surface area contributed by atoms with Gasteiger partial charge in [-0.15, -0.1) is 0 Å². The molecule has 0 spiro atoms. The first kappa shape index (κ1) is 23.2. The zero-order chi connectivity index (χ0) is 23.9. The molecule has 0 aliphatic carbocycles. The zero-order valence-corrected chi connectivity index (χ0v) is 18.7. The Hall–Kier alpha value is -4.01. The topological polar surface area (TPSA) is 147 Å². The molecule has 0 fully saturated rings. The van der Waals surface area contributed by atoms with E-state index in [0.717, 1.165) is 57.7 Å². The molecule has 8 heteroatoms. The number of carbonyl (C=O) groups is 1. The molecular weight excluding hydrogens is 428 g/mol. The van der Waals surface area contributed by atoms with Gasteiger partial charge in [0.1, 0.15) is 6.04 Å². The number of hydrogen-bond acceptors (Lipinski definition) is 5. The van der Waals surface area contributed by atoms with E-state index in [1.807, 2.05) is 42.5 Å². The van der Waals surface area contributed by atoms with Gasteiger partial charge in [-0.2, -0.15) is 0 Å². The second-order valence-corrected chi connectivity index (χ2v) is 8.13. The van der Waals surface area contributed by atoms with Gasteiger partial charge >= 0.3 is 5.97 Å². The lowest BCUT2D eigenvalue weighted by atomic mass is 10.1. The number of nitrogens with zero attached hydrogens (tertiary/aromatic N) is 2. The molecule has 2 aliphatic rings. The maximum atomic E-state index is 10.1. The molecule has 5 rings (SSSR count). The Bertz CT molecular complexity index is 1290. The highest BCUT2D eigenvalue weighted by atomic mass is 16.4. The van der Waals surface area contributed by atoms with Crippen molar-refractivity contribution >= 4 is 52.3 Å². The van der Waals surface area contributed by atoms with Gasteiger partial charge in [0.15, 0.2) is 0 Å². The van der Waals surface area contributed by atoms with Gasteiger partial charge in [0.2, 0.25) is 0 Å². The molecule has 174 valence electrons. The largest absolute Gasteiger partial charge is 0.480 e. The molecule has 2 aliphatic heterocycles. The highest BCUT2D eigenvalue weighted by molar-refractivity contribution is 5.77. The predicted molar refractivity (Wildman–Crippen MR) is 137 cm³/mol. The van der Waals surface area contributed by atoms with E-state index >= 15 is 0 Å². The van der Waals surface area contributed by atoms with Crippen LogP contribution in [-0.4, -0.2) is 43.6 Å². The normalized spacial score (nSPS) is 12.8. The Morgan fingerprint density at radius 1 is 0.765 bits per heavy atom. The van der Waals surface area contributed by atoms with Crippen LogP contribution in [0.3, 0.4) is 0 Å². The molecule has 0 aromatic carbocycles. The average Bonchev–Trinajstić information content (AvgIpc) is 3.60. The summed E-state index contributed by atoms with van der Waals surface area (Å²) in [5, 5.41) is 8.33. The monoisotopic (exact) mass is 456 g/mol. The lowest BCUT2D eigenvalue weighted by Crippen LogP contribution is -2.29. The van der Waals surface area contributed by atoms with Gasteiger partial charge < -0.3 is 26.5 Å². The third-order valence-electron chi connectivity index (χ3n) is 5.33. The summed E-state index contributed by atoms with van der Waals surface area (Å²) in [6.07, 6.45) is 10.2. The fourth-order valence-corrected chi connectivity index (χ4v) is 3.58. The summed E-state index contributed by atoms with van der Waals surface area (Å²) in [7, 11) is 0. The first-order chi connectivity index (χ1) is 16.5. The van der Waals surface area contributed by atoms with E-state index in [4.69, 9.17) is 16.6 Å². The maximum absolute atomic E-state index is 10.1. The number of carboxylic acid groups (broad SMARTS) is 1. The van der Waals surface area contributed by atoms with Crippen LogP contribution >= 0.6 is 0 Å². The third-order valence-corrected chi connectivity index (χ3v) is 5.33. The fraction of sp³-hybridized carbons (Fsp3) is 0.192. The van der Waals surface area contributed by atoms with Crippen molar-refractivity contribution in [2.75, 3.05) is 6.54 Å². The van der Waals surface area contributed by atoms with Gasteiger partial charge in [0, 0.05) is 22.1 Å².